The second kappa shape index (κ2) is 3.74. The molecule has 0 amide bonds. The van der Waals surface area contributed by atoms with Crippen molar-refractivity contribution in [2.75, 3.05) is 0 Å². The molecule has 0 fully saturated rings. The Labute approximate surface area is 96.6 Å². The number of nitrogens with zero attached hydrogens (tertiary/aromatic N) is 2. The summed E-state index contributed by atoms with van der Waals surface area (Å²) in [5.41, 5.74) is 8.53. The van der Waals surface area contributed by atoms with Crippen molar-refractivity contribution in [2.24, 2.45) is 0 Å². The van der Waals surface area contributed by atoms with Gasteiger partial charge in [0.25, 0.3) is 15.9 Å². The smallest absolute Gasteiger partial charge is 0.361 e. The summed E-state index contributed by atoms with van der Waals surface area (Å²) in [4.78, 5) is 14.1. The van der Waals surface area contributed by atoms with Gasteiger partial charge in [0, 0.05) is 17.2 Å². The van der Waals surface area contributed by atoms with Crippen molar-refractivity contribution < 1.29 is 22.6 Å². The van der Waals surface area contributed by atoms with Gasteiger partial charge in [-0.05, 0) is 12.1 Å². The van der Waals surface area contributed by atoms with Crippen LogP contribution in [0.1, 0.15) is 15.9 Å². The summed E-state index contributed by atoms with van der Waals surface area (Å²) >= 11 is 0. The van der Waals surface area contributed by atoms with Crippen LogP contribution in [0.5, 0.6) is 0 Å². The third-order valence-electron chi connectivity index (χ3n) is 2.34. The highest BCUT2D eigenvalue weighted by Gasteiger charge is 2.29. The van der Waals surface area contributed by atoms with E-state index in [1.807, 2.05) is 0 Å². The Bertz CT molecular complexity index is 697. The van der Waals surface area contributed by atoms with E-state index in [4.69, 9.17) is 10.1 Å². The van der Waals surface area contributed by atoms with Crippen molar-refractivity contribution in [3.05, 3.63) is 40.9 Å². The summed E-state index contributed by atoms with van der Waals surface area (Å²) < 4.78 is 31.2. The van der Waals surface area contributed by atoms with Crippen molar-refractivity contribution in [1.29, 1.82) is 0 Å². The summed E-state index contributed by atoms with van der Waals surface area (Å²) in [6.45, 7) is 0. The van der Waals surface area contributed by atoms with E-state index < -0.39 is 15.9 Å². The highest BCUT2D eigenvalue weighted by molar-refractivity contribution is 7.86. The fourth-order valence-corrected chi connectivity index (χ4v) is 2.30. The number of allylic oxidation sites excluding steroid dienone is 1. The Kier molecular flexibility index (Phi) is 2.51. The molecule has 0 radical (unpaired) electrons. The number of rotatable bonds is 1. The minimum absolute atomic E-state index is 0.0652. The number of carbonyl (C=O) groups excluding carboxylic acids is 1. The SMILES string of the molecule is [N-]=[N+]=C1C=Cc2c(cccc2S(=O)(=O)O)C1=O. The predicted molar refractivity (Wildman–Crippen MR) is 58.2 cm³/mol. The van der Waals surface area contributed by atoms with Crippen LogP contribution >= 0.6 is 0 Å². The molecule has 1 aromatic rings. The van der Waals surface area contributed by atoms with Crippen LogP contribution in [-0.2, 0) is 10.1 Å². The third kappa shape index (κ3) is 1.83. The maximum atomic E-state index is 11.7. The Morgan fingerprint density at radius 2 is 1.94 bits per heavy atom. The van der Waals surface area contributed by atoms with Crippen LogP contribution in [0.2, 0.25) is 0 Å². The Balaban J connectivity index is 2.80. The summed E-state index contributed by atoms with van der Waals surface area (Å²) in [6.07, 6.45) is 2.48. The minimum Gasteiger partial charge on any atom is -0.361 e. The normalized spacial score (nSPS) is 14.4. The van der Waals surface area contributed by atoms with Gasteiger partial charge < -0.3 is 5.53 Å². The van der Waals surface area contributed by atoms with Gasteiger partial charge in [-0.2, -0.15) is 13.2 Å². The Hall–Kier alpha value is -2.08. The summed E-state index contributed by atoms with van der Waals surface area (Å²) in [7, 11) is -4.40. The van der Waals surface area contributed by atoms with Crippen LogP contribution in [-0.4, -0.2) is 29.3 Å². The van der Waals surface area contributed by atoms with E-state index in [1.54, 1.807) is 0 Å². The van der Waals surface area contributed by atoms with Crippen LogP contribution in [0.15, 0.2) is 29.2 Å². The second-order valence-electron chi connectivity index (χ2n) is 3.34. The van der Waals surface area contributed by atoms with E-state index in [9.17, 15) is 13.2 Å². The molecule has 0 spiro atoms. The lowest BCUT2D eigenvalue weighted by molar-refractivity contribution is -0.00436. The van der Waals surface area contributed by atoms with Crippen molar-refractivity contribution in [2.45, 2.75) is 4.90 Å². The number of benzene rings is 1. The first-order valence-corrected chi connectivity index (χ1v) is 5.94. The zero-order chi connectivity index (χ0) is 12.6. The fraction of sp³-hybridized carbons (Fsp3) is 0. The van der Waals surface area contributed by atoms with Gasteiger partial charge in [-0.15, -0.1) is 0 Å². The van der Waals surface area contributed by atoms with Crippen molar-refractivity contribution in [3.8, 4) is 0 Å². The first kappa shape index (κ1) is 11.4. The van der Waals surface area contributed by atoms with E-state index in [0.717, 1.165) is 0 Å². The molecular formula is C10H6N2O4S. The zero-order valence-corrected chi connectivity index (χ0v) is 9.18. The quantitative estimate of drug-likeness (QED) is 0.452. The first-order valence-electron chi connectivity index (χ1n) is 4.50. The maximum absolute atomic E-state index is 11.7. The number of hydrogen-bond acceptors (Lipinski definition) is 3. The lowest BCUT2D eigenvalue weighted by atomic mass is 9.95. The Morgan fingerprint density at radius 1 is 1.24 bits per heavy atom. The molecule has 2 rings (SSSR count). The van der Waals surface area contributed by atoms with E-state index in [2.05, 4.69) is 4.79 Å². The molecule has 1 aliphatic rings. The molecule has 0 heterocycles. The van der Waals surface area contributed by atoms with Crippen LogP contribution in [0, 0.1) is 0 Å². The topological polar surface area (TPSA) is 108 Å². The largest absolute Gasteiger partial charge is 0.362 e. The number of fused-ring (bicyclic) bond motifs is 1. The molecule has 0 aromatic heterocycles. The van der Waals surface area contributed by atoms with Crippen molar-refractivity contribution in [3.63, 3.8) is 0 Å². The number of carbonyl (C=O) groups is 1. The van der Waals surface area contributed by atoms with E-state index >= 15 is 0 Å². The summed E-state index contributed by atoms with van der Waals surface area (Å²) in [5.74, 6) is -0.601. The molecule has 6 nitrogen and oxygen atoms in total. The molecule has 0 saturated heterocycles. The predicted octanol–water partition coefficient (Wildman–Crippen LogP) is 0.814. The summed E-state index contributed by atoms with van der Waals surface area (Å²) in [5, 5.41) is 0. The van der Waals surface area contributed by atoms with E-state index in [0.29, 0.717) is 0 Å². The lowest BCUT2D eigenvalue weighted by Gasteiger charge is -2.09. The zero-order valence-electron chi connectivity index (χ0n) is 8.36. The lowest BCUT2D eigenvalue weighted by Crippen LogP contribution is -2.19. The van der Waals surface area contributed by atoms with Gasteiger partial charge in [0.1, 0.15) is 4.90 Å². The second-order valence-corrected chi connectivity index (χ2v) is 4.73. The average molecular weight is 250 g/mol. The number of hydrogen-bond donors (Lipinski definition) is 1. The molecule has 0 aliphatic heterocycles. The van der Waals surface area contributed by atoms with Crippen molar-refractivity contribution >= 4 is 27.7 Å². The molecule has 0 atom stereocenters. The third-order valence-corrected chi connectivity index (χ3v) is 3.25. The molecule has 1 aliphatic carbocycles. The van der Waals surface area contributed by atoms with Gasteiger partial charge >= 0.3 is 5.71 Å². The van der Waals surface area contributed by atoms with Crippen LogP contribution in [0.25, 0.3) is 11.6 Å². The number of Topliss-reactive ketones (excluding diaryl/α,β-unsaturated/α-hetero) is 1. The molecule has 0 saturated carbocycles. The van der Waals surface area contributed by atoms with Crippen LogP contribution < -0.4 is 0 Å². The van der Waals surface area contributed by atoms with E-state index in [-0.39, 0.29) is 21.7 Å². The Morgan fingerprint density at radius 3 is 2.53 bits per heavy atom. The monoisotopic (exact) mass is 250 g/mol. The summed E-state index contributed by atoms with van der Waals surface area (Å²) in [6, 6.07) is 3.90. The molecule has 0 unspecified atom stereocenters. The standard InChI is InChI=1S/C10H6N2O4S/c11-12-8-5-4-6-7(10(8)13)2-1-3-9(6)17(14,15)16/h1-5H,(H,14,15,16). The van der Waals surface area contributed by atoms with Gasteiger partial charge in [-0.3, -0.25) is 9.35 Å². The van der Waals surface area contributed by atoms with Gasteiger partial charge in [0.05, 0.1) is 0 Å². The fourth-order valence-electron chi connectivity index (χ4n) is 1.59. The van der Waals surface area contributed by atoms with Gasteiger partial charge in [0.15, 0.2) is 0 Å². The van der Waals surface area contributed by atoms with Gasteiger partial charge in [-0.25, -0.2) is 0 Å². The molecule has 1 N–H and O–H groups in total. The number of ketones is 1. The highest BCUT2D eigenvalue weighted by Crippen LogP contribution is 2.24. The highest BCUT2D eigenvalue weighted by atomic mass is 32.2. The first-order chi connectivity index (χ1) is 7.95. The van der Waals surface area contributed by atoms with Crippen LogP contribution in [0.4, 0.5) is 0 Å². The maximum Gasteiger partial charge on any atom is 0.362 e. The molecule has 86 valence electrons. The van der Waals surface area contributed by atoms with E-state index in [1.165, 1.54) is 30.4 Å². The van der Waals surface area contributed by atoms with Crippen LogP contribution in [0.3, 0.4) is 0 Å². The van der Waals surface area contributed by atoms with Gasteiger partial charge in [0.2, 0.25) is 0 Å². The minimum atomic E-state index is -4.40. The molecule has 1 aromatic carbocycles. The molecule has 17 heavy (non-hydrogen) atoms. The van der Waals surface area contributed by atoms with Crippen molar-refractivity contribution in [1.82, 2.24) is 0 Å². The molecule has 7 heteroatoms. The van der Waals surface area contributed by atoms with Gasteiger partial charge in [-0.1, -0.05) is 12.1 Å². The average Bonchev–Trinajstić information content (AvgIpc) is 2.28. The molecular weight excluding hydrogens is 244 g/mol. The molecule has 0 bridgehead atoms.